The molecule has 0 spiro atoms. The van der Waals surface area contributed by atoms with Crippen LogP contribution in [0.4, 0.5) is 5.69 Å². The van der Waals surface area contributed by atoms with Gasteiger partial charge in [-0.05, 0) is 38.3 Å². The molecule has 0 saturated heterocycles. The Morgan fingerprint density at radius 3 is 2.60 bits per heavy atom. The number of carbonyl (C=O) groups excluding carboxylic acids is 3. The molecule has 1 fully saturated rings. The Labute approximate surface area is 175 Å². The predicted octanol–water partition coefficient (Wildman–Crippen LogP) is 2.46. The van der Waals surface area contributed by atoms with Gasteiger partial charge in [-0.15, -0.1) is 0 Å². The van der Waals surface area contributed by atoms with Crippen LogP contribution in [0.5, 0.6) is 0 Å². The Kier molecular flexibility index (Phi) is 5.09. The SMILES string of the molecule is COC(=O)c1cc2n(n1)C[C@](C)(C(=O)NC1CCCC1)N(c1ccccc1C)C2=O. The Bertz CT molecular complexity index is 1010. The zero-order chi connectivity index (χ0) is 21.5. The van der Waals surface area contributed by atoms with Gasteiger partial charge in [0, 0.05) is 17.8 Å². The summed E-state index contributed by atoms with van der Waals surface area (Å²) >= 11 is 0. The molecule has 1 N–H and O–H groups in total. The van der Waals surface area contributed by atoms with E-state index >= 15 is 0 Å². The van der Waals surface area contributed by atoms with Crippen LogP contribution < -0.4 is 10.2 Å². The lowest BCUT2D eigenvalue weighted by Crippen LogP contribution is -2.65. The number of hydrogen-bond donors (Lipinski definition) is 1. The van der Waals surface area contributed by atoms with Crippen molar-refractivity contribution in [2.24, 2.45) is 0 Å². The molecule has 4 rings (SSSR count). The number of nitrogens with zero attached hydrogens (tertiary/aromatic N) is 3. The van der Waals surface area contributed by atoms with E-state index in [1.807, 2.05) is 31.2 Å². The van der Waals surface area contributed by atoms with E-state index in [2.05, 4.69) is 10.4 Å². The number of rotatable bonds is 4. The molecule has 8 nitrogen and oxygen atoms in total. The monoisotopic (exact) mass is 410 g/mol. The summed E-state index contributed by atoms with van der Waals surface area (Å²) in [5.74, 6) is -1.21. The fourth-order valence-corrected chi connectivity index (χ4v) is 4.39. The number of esters is 1. The van der Waals surface area contributed by atoms with Crippen LogP contribution in [0.2, 0.25) is 0 Å². The zero-order valence-corrected chi connectivity index (χ0v) is 17.5. The second-order valence-corrected chi connectivity index (χ2v) is 8.22. The standard InChI is InChI=1S/C22H26N4O4/c1-14-8-4-7-11-17(14)26-19(27)18-12-16(20(28)30-3)24-25(18)13-22(26,2)21(29)23-15-9-5-6-10-15/h4,7-8,11-12,15H,5-6,9-10,13H2,1-3H3,(H,23,29)/t22-/m1/s1. The highest BCUT2D eigenvalue weighted by Gasteiger charge is 2.50. The summed E-state index contributed by atoms with van der Waals surface area (Å²) in [7, 11) is 1.27. The van der Waals surface area contributed by atoms with Gasteiger partial charge in [-0.25, -0.2) is 4.79 Å². The van der Waals surface area contributed by atoms with Crippen LogP contribution in [0.1, 0.15) is 59.1 Å². The molecule has 1 aliphatic carbocycles. The lowest BCUT2D eigenvalue weighted by Gasteiger charge is -2.44. The van der Waals surface area contributed by atoms with Crippen LogP contribution >= 0.6 is 0 Å². The number of methoxy groups -OCH3 is 1. The lowest BCUT2D eigenvalue weighted by atomic mass is 9.92. The molecule has 0 radical (unpaired) electrons. The van der Waals surface area contributed by atoms with Gasteiger partial charge in [0.05, 0.1) is 13.7 Å². The van der Waals surface area contributed by atoms with Crippen molar-refractivity contribution in [2.75, 3.05) is 12.0 Å². The molecule has 2 aromatic rings. The van der Waals surface area contributed by atoms with Crippen LogP contribution in [0.15, 0.2) is 30.3 Å². The average molecular weight is 410 g/mol. The van der Waals surface area contributed by atoms with Crippen LogP contribution in [0.3, 0.4) is 0 Å². The average Bonchev–Trinajstić information content (AvgIpc) is 3.38. The highest BCUT2D eigenvalue weighted by Crippen LogP contribution is 2.35. The highest BCUT2D eigenvalue weighted by molar-refractivity contribution is 6.12. The molecule has 1 saturated carbocycles. The second-order valence-electron chi connectivity index (χ2n) is 8.22. The van der Waals surface area contributed by atoms with E-state index in [0.717, 1.165) is 31.2 Å². The summed E-state index contributed by atoms with van der Waals surface area (Å²) in [6, 6.07) is 9.02. The number of hydrogen-bond acceptors (Lipinski definition) is 5. The molecule has 8 heteroatoms. The topological polar surface area (TPSA) is 93.5 Å². The Balaban J connectivity index is 1.80. The molecule has 1 aliphatic heterocycles. The van der Waals surface area contributed by atoms with Gasteiger partial charge in [-0.3, -0.25) is 19.2 Å². The maximum Gasteiger partial charge on any atom is 0.358 e. The number of aromatic nitrogens is 2. The van der Waals surface area contributed by atoms with Gasteiger partial charge in [0.15, 0.2) is 5.69 Å². The normalized spacial score (nSPS) is 21.4. The molecule has 30 heavy (non-hydrogen) atoms. The third kappa shape index (κ3) is 3.26. The molecule has 158 valence electrons. The summed E-state index contributed by atoms with van der Waals surface area (Å²) in [4.78, 5) is 40.6. The minimum absolute atomic E-state index is 0.0473. The number of amides is 2. The van der Waals surface area contributed by atoms with Gasteiger partial charge in [-0.1, -0.05) is 31.0 Å². The number of aryl methyl sites for hydroxylation is 1. The number of para-hydroxylation sites is 1. The van der Waals surface area contributed by atoms with Gasteiger partial charge in [0.2, 0.25) is 5.91 Å². The summed E-state index contributed by atoms with van der Waals surface area (Å²) in [5.41, 5.74) is 0.652. The van der Waals surface area contributed by atoms with Gasteiger partial charge >= 0.3 is 5.97 Å². The van der Waals surface area contributed by atoms with Gasteiger partial charge in [0.25, 0.3) is 5.91 Å². The first-order valence-electron chi connectivity index (χ1n) is 10.2. The third-order valence-electron chi connectivity index (χ3n) is 6.08. The van der Waals surface area contributed by atoms with E-state index in [0.29, 0.717) is 5.69 Å². The van der Waals surface area contributed by atoms with Gasteiger partial charge in [-0.2, -0.15) is 5.10 Å². The van der Waals surface area contributed by atoms with Crippen molar-refractivity contribution in [1.29, 1.82) is 0 Å². The second kappa shape index (κ2) is 7.59. The smallest absolute Gasteiger partial charge is 0.358 e. The number of anilines is 1. The Hall–Kier alpha value is -3.16. The number of fused-ring (bicyclic) bond motifs is 1. The van der Waals surface area contributed by atoms with Crippen LogP contribution in [-0.2, 0) is 16.1 Å². The number of carbonyl (C=O) groups is 3. The molecule has 1 aromatic carbocycles. The van der Waals surface area contributed by atoms with E-state index in [4.69, 9.17) is 4.74 Å². The first-order valence-corrected chi connectivity index (χ1v) is 10.2. The number of ether oxygens (including phenoxy) is 1. The molecule has 2 aliphatic rings. The fourth-order valence-electron chi connectivity index (χ4n) is 4.39. The minimum Gasteiger partial charge on any atom is -0.464 e. The van der Waals surface area contributed by atoms with Crippen LogP contribution in [0, 0.1) is 6.92 Å². The van der Waals surface area contributed by atoms with Crippen molar-refractivity contribution >= 4 is 23.5 Å². The summed E-state index contributed by atoms with van der Waals surface area (Å²) in [5, 5.41) is 7.38. The Morgan fingerprint density at radius 1 is 1.23 bits per heavy atom. The molecule has 2 amide bonds. The first kappa shape index (κ1) is 20.1. The van der Waals surface area contributed by atoms with Crippen molar-refractivity contribution in [3.8, 4) is 0 Å². The fraction of sp³-hybridized carbons (Fsp3) is 0.455. The van der Waals surface area contributed by atoms with Crippen molar-refractivity contribution < 1.29 is 19.1 Å². The van der Waals surface area contributed by atoms with Crippen molar-refractivity contribution in [3.05, 3.63) is 47.3 Å². The molecular weight excluding hydrogens is 384 g/mol. The molecule has 0 unspecified atom stereocenters. The van der Waals surface area contributed by atoms with E-state index in [-0.39, 0.29) is 35.8 Å². The van der Waals surface area contributed by atoms with E-state index < -0.39 is 11.5 Å². The maximum absolute atomic E-state index is 13.6. The summed E-state index contributed by atoms with van der Waals surface area (Å²) < 4.78 is 6.19. The number of nitrogens with one attached hydrogen (secondary N) is 1. The molecular formula is C22H26N4O4. The first-order chi connectivity index (χ1) is 14.3. The van der Waals surface area contributed by atoms with Gasteiger partial charge < -0.3 is 10.1 Å². The quantitative estimate of drug-likeness (QED) is 0.782. The predicted molar refractivity (Wildman–Crippen MR) is 110 cm³/mol. The van der Waals surface area contributed by atoms with Gasteiger partial charge in [0.1, 0.15) is 11.2 Å². The van der Waals surface area contributed by atoms with Crippen molar-refractivity contribution in [3.63, 3.8) is 0 Å². The van der Waals surface area contributed by atoms with E-state index in [9.17, 15) is 14.4 Å². The third-order valence-corrected chi connectivity index (χ3v) is 6.08. The maximum atomic E-state index is 13.6. The summed E-state index contributed by atoms with van der Waals surface area (Å²) in [6.45, 7) is 3.80. The minimum atomic E-state index is -1.20. The van der Waals surface area contributed by atoms with Crippen LogP contribution in [0.25, 0.3) is 0 Å². The lowest BCUT2D eigenvalue weighted by molar-refractivity contribution is -0.127. The molecule has 2 heterocycles. The highest BCUT2D eigenvalue weighted by atomic mass is 16.5. The molecule has 0 bridgehead atoms. The van der Waals surface area contributed by atoms with E-state index in [1.165, 1.54) is 17.9 Å². The summed E-state index contributed by atoms with van der Waals surface area (Å²) in [6.07, 6.45) is 4.07. The molecule has 1 aromatic heterocycles. The number of benzene rings is 1. The Morgan fingerprint density at radius 2 is 1.93 bits per heavy atom. The largest absolute Gasteiger partial charge is 0.464 e. The van der Waals surface area contributed by atoms with Crippen LogP contribution in [-0.4, -0.2) is 46.3 Å². The van der Waals surface area contributed by atoms with Crippen molar-refractivity contribution in [1.82, 2.24) is 15.1 Å². The van der Waals surface area contributed by atoms with E-state index in [1.54, 1.807) is 11.8 Å². The molecule has 1 atom stereocenters. The van der Waals surface area contributed by atoms with Crippen molar-refractivity contribution in [2.45, 2.75) is 57.7 Å². The zero-order valence-electron chi connectivity index (χ0n) is 17.5.